The molecule has 3 rings (SSSR count). The normalized spacial score (nSPS) is 20.2. The van der Waals surface area contributed by atoms with Crippen LogP contribution in [0.25, 0.3) is 0 Å². The largest absolute Gasteiger partial charge is 0.493 e. The molecule has 0 unspecified atom stereocenters. The van der Waals surface area contributed by atoms with Gasteiger partial charge in [-0.1, -0.05) is 31.4 Å². The number of rotatable bonds is 9. The molecule has 1 aromatic rings. The van der Waals surface area contributed by atoms with E-state index < -0.39 is 6.10 Å². The molecule has 7 heteroatoms. The number of hydrogen-bond donors (Lipinski definition) is 2. The molecule has 1 atom stereocenters. The summed E-state index contributed by atoms with van der Waals surface area (Å²) >= 11 is 0. The van der Waals surface area contributed by atoms with E-state index in [-0.39, 0.29) is 12.5 Å². The molecule has 0 bridgehead atoms. The number of nitrogens with zero attached hydrogens (tertiary/aromatic N) is 2. The van der Waals surface area contributed by atoms with Gasteiger partial charge in [0.25, 0.3) is 0 Å². The molecular weight excluding hydrogens is 370 g/mol. The molecule has 162 valence electrons. The van der Waals surface area contributed by atoms with Crippen molar-refractivity contribution in [1.82, 2.24) is 15.1 Å². The van der Waals surface area contributed by atoms with Gasteiger partial charge in [0, 0.05) is 38.8 Å². The molecule has 2 aliphatic rings. The minimum absolute atomic E-state index is 0.149. The molecule has 1 amide bonds. The zero-order valence-electron chi connectivity index (χ0n) is 17.5. The van der Waals surface area contributed by atoms with Crippen molar-refractivity contribution in [3.8, 4) is 11.5 Å². The Hall–Kier alpha value is -1.83. The van der Waals surface area contributed by atoms with Gasteiger partial charge in [-0.2, -0.15) is 0 Å². The number of methoxy groups -OCH3 is 1. The highest BCUT2D eigenvalue weighted by Gasteiger charge is 2.22. The van der Waals surface area contributed by atoms with Crippen LogP contribution < -0.4 is 14.8 Å². The lowest BCUT2D eigenvalue weighted by atomic mass is 9.95. The lowest BCUT2D eigenvalue weighted by Gasteiger charge is -2.35. The number of amides is 1. The molecule has 2 N–H and O–H groups in total. The van der Waals surface area contributed by atoms with Gasteiger partial charge in [-0.15, -0.1) is 0 Å². The second kappa shape index (κ2) is 11.4. The first-order chi connectivity index (χ1) is 14.1. The number of aliphatic hydroxyl groups is 1. The molecule has 2 fully saturated rings. The van der Waals surface area contributed by atoms with Crippen molar-refractivity contribution in [2.45, 2.75) is 44.2 Å². The Kier molecular flexibility index (Phi) is 8.58. The molecule has 0 radical (unpaired) electrons. The summed E-state index contributed by atoms with van der Waals surface area (Å²) < 4.78 is 11.0. The Morgan fingerprint density at radius 1 is 1.10 bits per heavy atom. The summed E-state index contributed by atoms with van der Waals surface area (Å²) in [6.45, 7) is 4.66. The SMILES string of the molecule is COc1ccccc1OC[C@H](O)CN1CCN(CC(=O)NC2CCCCC2)CC1. The standard InChI is InChI=1S/C22H35N3O4/c1-28-20-9-5-6-10-21(20)29-17-19(26)15-24-11-13-25(14-12-24)16-22(27)23-18-7-3-2-4-8-18/h5-6,9-10,18-19,26H,2-4,7-8,11-17H2,1H3,(H,23,27)/t19-/m1/s1. The highest BCUT2D eigenvalue weighted by molar-refractivity contribution is 5.78. The number of carbonyl (C=O) groups excluding carboxylic acids is 1. The number of ether oxygens (including phenoxy) is 2. The average molecular weight is 406 g/mol. The smallest absolute Gasteiger partial charge is 0.234 e. The fourth-order valence-electron chi connectivity index (χ4n) is 4.13. The summed E-state index contributed by atoms with van der Waals surface area (Å²) in [6, 6.07) is 7.81. The summed E-state index contributed by atoms with van der Waals surface area (Å²) in [6.07, 6.45) is 5.42. The van der Waals surface area contributed by atoms with E-state index in [4.69, 9.17) is 9.47 Å². The van der Waals surface area contributed by atoms with Crippen LogP contribution in [0, 0.1) is 0 Å². The molecule has 1 aliphatic carbocycles. The van der Waals surface area contributed by atoms with Crippen molar-refractivity contribution >= 4 is 5.91 Å². The van der Waals surface area contributed by atoms with E-state index in [9.17, 15) is 9.90 Å². The summed E-state index contributed by atoms with van der Waals surface area (Å²) in [5.41, 5.74) is 0. The van der Waals surface area contributed by atoms with Gasteiger partial charge in [0.05, 0.1) is 13.7 Å². The van der Waals surface area contributed by atoms with Crippen LogP contribution in [0.2, 0.25) is 0 Å². The monoisotopic (exact) mass is 405 g/mol. The van der Waals surface area contributed by atoms with Crippen molar-refractivity contribution in [2.24, 2.45) is 0 Å². The van der Waals surface area contributed by atoms with Crippen LogP contribution in [0.4, 0.5) is 0 Å². The Bertz CT molecular complexity index is 628. The Morgan fingerprint density at radius 3 is 2.45 bits per heavy atom. The maximum Gasteiger partial charge on any atom is 0.234 e. The number of β-amino-alcohol motifs (C(OH)–C–C–N with tert-alkyl or cyclic N) is 1. The van der Waals surface area contributed by atoms with Crippen LogP contribution in [0.15, 0.2) is 24.3 Å². The number of carbonyl (C=O) groups is 1. The van der Waals surface area contributed by atoms with Crippen molar-refractivity contribution < 1.29 is 19.4 Å². The first-order valence-corrected chi connectivity index (χ1v) is 10.8. The maximum absolute atomic E-state index is 12.3. The van der Waals surface area contributed by atoms with Gasteiger partial charge in [-0.05, 0) is 25.0 Å². The van der Waals surface area contributed by atoms with E-state index in [1.165, 1.54) is 19.3 Å². The third kappa shape index (κ3) is 7.17. The fourth-order valence-corrected chi connectivity index (χ4v) is 4.13. The first-order valence-electron chi connectivity index (χ1n) is 10.8. The Morgan fingerprint density at radius 2 is 1.76 bits per heavy atom. The lowest BCUT2D eigenvalue weighted by molar-refractivity contribution is -0.123. The van der Waals surface area contributed by atoms with E-state index in [0.717, 1.165) is 39.0 Å². The molecule has 0 aromatic heterocycles. The van der Waals surface area contributed by atoms with Gasteiger partial charge in [0.1, 0.15) is 12.7 Å². The van der Waals surface area contributed by atoms with Crippen LogP contribution in [0.3, 0.4) is 0 Å². The molecule has 29 heavy (non-hydrogen) atoms. The van der Waals surface area contributed by atoms with Crippen molar-refractivity contribution in [3.63, 3.8) is 0 Å². The van der Waals surface area contributed by atoms with Gasteiger partial charge in [-0.25, -0.2) is 0 Å². The number of nitrogens with one attached hydrogen (secondary N) is 1. The van der Waals surface area contributed by atoms with Gasteiger partial charge in [-0.3, -0.25) is 14.6 Å². The fraction of sp³-hybridized carbons (Fsp3) is 0.682. The average Bonchev–Trinajstić information content (AvgIpc) is 2.74. The number of aliphatic hydroxyl groups excluding tert-OH is 1. The van der Waals surface area contributed by atoms with Gasteiger partial charge in [0.2, 0.25) is 5.91 Å². The van der Waals surface area contributed by atoms with Crippen LogP contribution >= 0.6 is 0 Å². The van der Waals surface area contributed by atoms with Crippen LogP contribution in [0.5, 0.6) is 11.5 Å². The second-order valence-electron chi connectivity index (χ2n) is 8.09. The zero-order valence-corrected chi connectivity index (χ0v) is 17.5. The van der Waals surface area contributed by atoms with Crippen molar-refractivity contribution in [1.29, 1.82) is 0 Å². The Labute approximate surface area is 174 Å². The quantitative estimate of drug-likeness (QED) is 0.649. The molecular formula is C22H35N3O4. The molecule has 0 spiro atoms. The maximum atomic E-state index is 12.3. The number of para-hydroxylation sites is 2. The topological polar surface area (TPSA) is 74.3 Å². The summed E-state index contributed by atoms with van der Waals surface area (Å²) in [7, 11) is 1.60. The number of benzene rings is 1. The zero-order chi connectivity index (χ0) is 20.5. The summed E-state index contributed by atoms with van der Waals surface area (Å²) in [5, 5.41) is 13.5. The predicted molar refractivity (Wildman–Crippen MR) is 112 cm³/mol. The van der Waals surface area contributed by atoms with Crippen molar-refractivity contribution in [2.75, 3.05) is 53.0 Å². The van der Waals surface area contributed by atoms with Gasteiger partial charge >= 0.3 is 0 Å². The van der Waals surface area contributed by atoms with E-state index in [1.54, 1.807) is 7.11 Å². The highest BCUT2D eigenvalue weighted by atomic mass is 16.5. The molecule has 7 nitrogen and oxygen atoms in total. The van der Waals surface area contributed by atoms with Crippen molar-refractivity contribution in [3.05, 3.63) is 24.3 Å². The predicted octanol–water partition coefficient (Wildman–Crippen LogP) is 1.50. The van der Waals surface area contributed by atoms with E-state index in [2.05, 4.69) is 15.1 Å². The Balaban J connectivity index is 1.32. The second-order valence-corrected chi connectivity index (χ2v) is 8.09. The van der Waals surface area contributed by atoms with E-state index in [1.807, 2.05) is 24.3 Å². The summed E-state index contributed by atoms with van der Waals surface area (Å²) in [5.74, 6) is 1.46. The molecule has 1 saturated carbocycles. The lowest BCUT2D eigenvalue weighted by Crippen LogP contribution is -2.52. The van der Waals surface area contributed by atoms with Gasteiger partial charge in [0.15, 0.2) is 11.5 Å². The first kappa shape index (κ1) is 21.9. The molecule has 1 aliphatic heterocycles. The highest BCUT2D eigenvalue weighted by Crippen LogP contribution is 2.25. The minimum Gasteiger partial charge on any atom is -0.493 e. The van der Waals surface area contributed by atoms with E-state index >= 15 is 0 Å². The molecule has 1 saturated heterocycles. The van der Waals surface area contributed by atoms with Crippen LogP contribution in [-0.4, -0.2) is 85.9 Å². The van der Waals surface area contributed by atoms with Crippen LogP contribution in [-0.2, 0) is 4.79 Å². The van der Waals surface area contributed by atoms with E-state index in [0.29, 0.717) is 30.6 Å². The third-order valence-corrected chi connectivity index (χ3v) is 5.77. The number of piperazine rings is 1. The molecule has 1 aromatic carbocycles. The van der Waals surface area contributed by atoms with Gasteiger partial charge < -0.3 is 19.9 Å². The number of hydrogen-bond acceptors (Lipinski definition) is 6. The third-order valence-electron chi connectivity index (χ3n) is 5.77. The minimum atomic E-state index is -0.568. The summed E-state index contributed by atoms with van der Waals surface area (Å²) in [4.78, 5) is 16.7. The van der Waals surface area contributed by atoms with Crippen LogP contribution in [0.1, 0.15) is 32.1 Å². The molecule has 1 heterocycles.